The van der Waals surface area contributed by atoms with Crippen molar-refractivity contribution in [3.05, 3.63) is 74.3 Å². The molecule has 2 rings (SSSR count). The van der Waals surface area contributed by atoms with Gasteiger partial charge in [-0.25, -0.2) is 4.79 Å². The molecule has 0 aliphatic rings. The van der Waals surface area contributed by atoms with Gasteiger partial charge in [-0.2, -0.15) is 0 Å². The number of non-ortho nitro benzene ring substituents is 1. The third-order valence-electron chi connectivity index (χ3n) is 3.70. The number of aryl methyl sites for hydroxylation is 1. The zero-order valence-electron chi connectivity index (χ0n) is 14.0. The summed E-state index contributed by atoms with van der Waals surface area (Å²) in [6, 6.07) is 11.2. The Hall–Kier alpha value is -2.93. The predicted molar refractivity (Wildman–Crippen MR) is 96.3 cm³/mol. The number of rotatable bonds is 7. The summed E-state index contributed by atoms with van der Waals surface area (Å²) in [6.07, 6.45) is 0.667. The lowest BCUT2D eigenvalue weighted by Gasteiger charge is -2.08. The molecule has 0 spiro atoms. The van der Waals surface area contributed by atoms with Crippen LogP contribution in [0, 0.1) is 17.0 Å². The van der Waals surface area contributed by atoms with Gasteiger partial charge in [-0.15, -0.1) is 0 Å². The largest absolute Gasteiger partial charge is 0.452 e. The number of nitrogens with zero attached hydrogens (tertiary/aromatic N) is 1. The predicted octanol–water partition coefficient (Wildman–Crippen LogP) is 3.07. The maximum Gasteiger partial charge on any atom is 0.340 e. The topological polar surface area (TPSA) is 98.5 Å². The third kappa shape index (κ3) is 5.29. The van der Waals surface area contributed by atoms with Crippen molar-refractivity contribution >= 4 is 29.2 Å². The number of nitro benzene ring substituents is 1. The van der Waals surface area contributed by atoms with E-state index in [1.54, 1.807) is 0 Å². The van der Waals surface area contributed by atoms with Crippen LogP contribution in [0.25, 0.3) is 0 Å². The Morgan fingerprint density at radius 2 is 1.96 bits per heavy atom. The van der Waals surface area contributed by atoms with Crippen molar-refractivity contribution in [3.63, 3.8) is 0 Å². The maximum atomic E-state index is 11.9. The SMILES string of the molecule is Cc1ccccc1CCNC(=O)COC(=O)c1ccc([N+](=O)[O-])cc1Cl. The zero-order valence-corrected chi connectivity index (χ0v) is 14.8. The smallest absolute Gasteiger partial charge is 0.340 e. The number of hydrogen-bond acceptors (Lipinski definition) is 5. The molecule has 0 aliphatic carbocycles. The lowest BCUT2D eigenvalue weighted by atomic mass is 10.1. The molecule has 0 bridgehead atoms. The van der Waals surface area contributed by atoms with Crippen molar-refractivity contribution in [1.29, 1.82) is 0 Å². The van der Waals surface area contributed by atoms with Gasteiger partial charge in [-0.05, 0) is 30.5 Å². The molecule has 136 valence electrons. The number of halogens is 1. The highest BCUT2D eigenvalue weighted by Crippen LogP contribution is 2.23. The number of carbonyl (C=O) groups is 2. The fourth-order valence-corrected chi connectivity index (χ4v) is 2.52. The molecule has 0 unspecified atom stereocenters. The number of nitro groups is 1. The van der Waals surface area contributed by atoms with E-state index in [9.17, 15) is 19.7 Å². The summed E-state index contributed by atoms with van der Waals surface area (Å²) in [5.74, 6) is -1.26. The number of benzene rings is 2. The van der Waals surface area contributed by atoms with Gasteiger partial charge < -0.3 is 10.1 Å². The van der Waals surface area contributed by atoms with Gasteiger partial charge in [0.05, 0.1) is 15.5 Å². The van der Waals surface area contributed by atoms with Crippen LogP contribution in [0.5, 0.6) is 0 Å². The van der Waals surface area contributed by atoms with E-state index in [1.807, 2.05) is 31.2 Å². The first-order chi connectivity index (χ1) is 12.4. The van der Waals surface area contributed by atoms with Gasteiger partial charge >= 0.3 is 5.97 Å². The molecule has 0 saturated carbocycles. The number of nitrogens with one attached hydrogen (secondary N) is 1. The molecule has 0 atom stereocenters. The van der Waals surface area contributed by atoms with Crippen LogP contribution in [0.15, 0.2) is 42.5 Å². The summed E-state index contributed by atoms with van der Waals surface area (Å²) in [7, 11) is 0. The second-order valence-corrected chi connectivity index (χ2v) is 5.93. The van der Waals surface area contributed by atoms with E-state index < -0.39 is 23.4 Å². The van der Waals surface area contributed by atoms with Crippen molar-refractivity contribution < 1.29 is 19.2 Å². The molecule has 0 radical (unpaired) electrons. The Labute approximate surface area is 155 Å². The van der Waals surface area contributed by atoms with Crippen molar-refractivity contribution in [3.8, 4) is 0 Å². The van der Waals surface area contributed by atoms with E-state index in [2.05, 4.69) is 5.32 Å². The molecular formula is C18H17ClN2O5. The Morgan fingerprint density at radius 3 is 2.62 bits per heavy atom. The molecule has 7 nitrogen and oxygen atoms in total. The number of amides is 1. The second-order valence-electron chi connectivity index (χ2n) is 5.52. The van der Waals surface area contributed by atoms with Gasteiger partial charge in [0, 0.05) is 18.7 Å². The van der Waals surface area contributed by atoms with Gasteiger partial charge in [0.2, 0.25) is 0 Å². The molecule has 8 heteroatoms. The van der Waals surface area contributed by atoms with E-state index in [-0.39, 0.29) is 16.3 Å². The number of esters is 1. The molecule has 0 aliphatic heterocycles. The van der Waals surface area contributed by atoms with Crippen LogP contribution >= 0.6 is 11.6 Å². The number of hydrogen-bond donors (Lipinski definition) is 1. The van der Waals surface area contributed by atoms with E-state index >= 15 is 0 Å². The molecule has 2 aromatic carbocycles. The van der Waals surface area contributed by atoms with E-state index in [1.165, 1.54) is 6.07 Å². The number of carbonyl (C=O) groups excluding carboxylic acids is 2. The van der Waals surface area contributed by atoms with Gasteiger partial charge in [-0.1, -0.05) is 35.9 Å². The third-order valence-corrected chi connectivity index (χ3v) is 4.01. The van der Waals surface area contributed by atoms with E-state index in [0.29, 0.717) is 13.0 Å². The van der Waals surface area contributed by atoms with Crippen LogP contribution < -0.4 is 5.32 Å². The van der Waals surface area contributed by atoms with Gasteiger partial charge in [0.25, 0.3) is 11.6 Å². The molecule has 0 saturated heterocycles. The Morgan fingerprint density at radius 1 is 1.23 bits per heavy atom. The summed E-state index contributed by atoms with van der Waals surface area (Å²) in [5, 5.41) is 13.2. The van der Waals surface area contributed by atoms with Crippen molar-refractivity contribution in [2.24, 2.45) is 0 Å². The molecule has 1 amide bonds. The van der Waals surface area contributed by atoms with Crippen LogP contribution in [0.3, 0.4) is 0 Å². The summed E-state index contributed by atoms with van der Waals surface area (Å²) in [4.78, 5) is 33.7. The van der Waals surface area contributed by atoms with Crippen LogP contribution in [-0.2, 0) is 16.0 Å². The highest BCUT2D eigenvalue weighted by molar-refractivity contribution is 6.33. The summed E-state index contributed by atoms with van der Waals surface area (Å²) in [5.41, 5.74) is 1.99. The Kier molecular flexibility index (Phi) is 6.68. The lowest BCUT2D eigenvalue weighted by molar-refractivity contribution is -0.384. The molecule has 2 aromatic rings. The molecule has 1 N–H and O–H groups in total. The van der Waals surface area contributed by atoms with Crippen molar-refractivity contribution in [2.75, 3.05) is 13.2 Å². The standard InChI is InChI=1S/C18H17ClN2O5/c1-12-4-2-3-5-13(12)8-9-20-17(22)11-26-18(23)15-7-6-14(21(24)25)10-16(15)19/h2-7,10H,8-9,11H2,1H3,(H,20,22). The van der Waals surface area contributed by atoms with Gasteiger partial charge in [0.1, 0.15) is 0 Å². The van der Waals surface area contributed by atoms with Crippen LogP contribution in [0.2, 0.25) is 5.02 Å². The zero-order chi connectivity index (χ0) is 19.1. The minimum Gasteiger partial charge on any atom is -0.452 e. The summed E-state index contributed by atoms with van der Waals surface area (Å²) < 4.78 is 4.89. The average molecular weight is 377 g/mol. The lowest BCUT2D eigenvalue weighted by Crippen LogP contribution is -2.30. The average Bonchev–Trinajstić information content (AvgIpc) is 2.61. The van der Waals surface area contributed by atoms with Crippen LogP contribution in [-0.4, -0.2) is 30.0 Å². The maximum absolute atomic E-state index is 11.9. The van der Waals surface area contributed by atoms with Crippen LogP contribution in [0.1, 0.15) is 21.5 Å². The minimum atomic E-state index is -0.820. The first-order valence-corrected chi connectivity index (χ1v) is 8.18. The first kappa shape index (κ1) is 19.4. The number of ether oxygens (including phenoxy) is 1. The fraction of sp³-hybridized carbons (Fsp3) is 0.222. The summed E-state index contributed by atoms with van der Waals surface area (Å²) >= 11 is 5.84. The minimum absolute atomic E-state index is 0.0371. The van der Waals surface area contributed by atoms with Crippen LogP contribution in [0.4, 0.5) is 5.69 Å². The van der Waals surface area contributed by atoms with Crippen molar-refractivity contribution in [2.45, 2.75) is 13.3 Å². The Bertz CT molecular complexity index is 838. The molecular weight excluding hydrogens is 360 g/mol. The van der Waals surface area contributed by atoms with Crippen molar-refractivity contribution in [1.82, 2.24) is 5.32 Å². The molecule has 0 heterocycles. The summed E-state index contributed by atoms with van der Waals surface area (Å²) in [6.45, 7) is 1.95. The normalized spacial score (nSPS) is 10.2. The quantitative estimate of drug-likeness (QED) is 0.455. The van der Waals surface area contributed by atoms with Gasteiger partial charge in [-0.3, -0.25) is 14.9 Å². The Balaban J connectivity index is 1.81. The molecule has 0 aromatic heterocycles. The first-order valence-electron chi connectivity index (χ1n) is 7.80. The van der Waals surface area contributed by atoms with Gasteiger partial charge in [0.15, 0.2) is 6.61 Å². The van der Waals surface area contributed by atoms with E-state index in [4.69, 9.17) is 16.3 Å². The second kappa shape index (κ2) is 8.96. The fourth-order valence-electron chi connectivity index (χ4n) is 2.27. The molecule has 26 heavy (non-hydrogen) atoms. The van der Waals surface area contributed by atoms with E-state index in [0.717, 1.165) is 23.3 Å². The molecule has 0 fully saturated rings. The highest BCUT2D eigenvalue weighted by atomic mass is 35.5. The highest BCUT2D eigenvalue weighted by Gasteiger charge is 2.17. The monoisotopic (exact) mass is 376 g/mol.